The first-order valence-corrected chi connectivity index (χ1v) is 7.32. The molecule has 0 amide bonds. The molecule has 2 heterocycles. The van der Waals surface area contributed by atoms with E-state index in [1.807, 2.05) is 13.8 Å². The summed E-state index contributed by atoms with van der Waals surface area (Å²) in [5.41, 5.74) is 0. The van der Waals surface area contributed by atoms with Crippen LogP contribution in [0.1, 0.15) is 39.5 Å². The second kappa shape index (κ2) is 8.08. The highest BCUT2D eigenvalue weighted by Gasteiger charge is 2.30. The molecule has 112 valence electrons. The van der Waals surface area contributed by atoms with Crippen molar-refractivity contribution in [3.05, 3.63) is 0 Å². The molecule has 1 N–H and O–H groups in total. The van der Waals surface area contributed by atoms with Gasteiger partial charge in [0.1, 0.15) is 0 Å². The Morgan fingerprint density at radius 2 is 1.74 bits per heavy atom. The molecule has 0 unspecified atom stereocenters. The highest BCUT2D eigenvalue weighted by molar-refractivity contribution is 5.85. The number of esters is 1. The zero-order valence-corrected chi connectivity index (χ0v) is 12.9. The third kappa shape index (κ3) is 4.93. The molecule has 5 heteroatoms. The second-order valence-corrected chi connectivity index (χ2v) is 5.78. The third-order valence-electron chi connectivity index (χ3n) is 4.04. The van der Waals surface area contributed by atoms with Crippen molar-refractivity contribution in [1.82, 2.24) is 10.2 Å². The smallest absolute Gasteiger partial charge is 0.309 e. The lowest BCUT2D eigenvalue weighted by atomic mass is 9.94. The minimum Gasteiger partial charge on any atom is -0.463 e. The van der Waals surface area contributed by atoms with Crippen molar-refractivity contribution >= 4 is 18.4 Å². The number of halogens is 1. The number of hydrogen-bond donors (Lipinski definition) is 1. The van der Waals surface area contributed by atoms with Crippen LogP contribution in [0.4, 0.5) is 0 Å². The molecule has 4 nitrogen and oxygen atoms in total. The maximum Gasteiger partial charge on any atom is 0.309 e. The number of likely N-dealkylation sites (tertiary alicyclic amines) is 1. The molecule has 2 rings (SSSR count). The fourth-order valence-corrected chi connectivity index (χ4v) is 3.00. The van der Waals surface area contributed by atoms with Gasteiger partial charge in [0.25, 0.3) is 0 Å². The minimum absolute atomic E-state index is 0. The first kappa shape index (κ1) is 16.7. The normalized spacial score (nSPS) is 23.1. The second-order valence-electron chi connectivity index (χ2n) is 5.78. The number of carbonyl (C=O) groups is 1. The van der Waals surface area contributed by atoms with E-state index in [0.29, 0.717) is 0 Å². The van der Waals surface area contributed by atoms with E-state index < -0.39 is 0 Å². The number of rotatable bonds is 3. The summed E-state index contributed by atoms with van der Waals surface area (Å²) >= 11 is 0. The maximum absolute atomic E-state index is 11.8. The lowest BCUT2D eigenvalue weighted by Gasteiger charge is -2.38. The summed E-state index contributed by atoms with van der Waals surface area (Å²) in [6.07, 6.45) is 4.45. The van der Waals surface area contributed by atoms with Gasteiger partial charge in [0.05, 0.1) is 12.0 Å². The molecule has 2 fully saturated rings. The molecule has 2 aliphatic heterocycles. The Morgan fingerprint density at radius 3 is 2.26 bits per heavy atom. The van der Waals surface area contributed by atoms with E-state index in [9.17, 15) is 4.79 Å². The summed E-state index contributed by atoms with van der Waals surface area (Å²) in [4.78, 5) is 14.4. The topological polar surface area (TPSA) is 41.6 Å². The van der Waals surface area contributed by atoms with E-state index in [-0.39, 0.29) is 30.4 Å². The van der Waals surface area contributed by atoms with Crippen LogP contribution in [0.25, 0.3) is 0 Å². The molecule has 19 heavy (non-hydrogen) atoms. The molecule has 0 aromatic rings. The average molecular weight is 291 g/mol. The van der Waals surface area contributed by atoms with Crippen molar-refractivity contribution < 1.29 is 9.53 Å². The van der Waals surface area contributed by atoms with Crippen LogP contribution in [0.5, 0.6) is 0 Å². The van der Waals surface area contributed by atoms with Crippen LogP contribution < -0.4 is 5.32 Å². The summed E-state index contributed by atoms with van der Waals surface area (Å²) < 4.78 is 5.30. The van der Waals surface area contributed by atoms with Gasteiger partial charge in [-0.1, -0.05) is 0 Å². The lowest BCUT2D eigenvalue weighted by molar-refractivity contribution is -0.154. The van der Waals surface area contributed by atoms with Crippen molar-refractivity contribution in [2.45, 2.75) is 51.7 Å². The van der Waals surface area contributed by atoms with E-state index in [0.717, 1.165) is 45.1 Å². The van der Waals surface area contributed by atoms with Gasteiger partial charge >= 0.3 is 5.97 Å². The summed E-state index contributed by atoms with van der Waals surface area (Å²) in [5.74, 6) is 0.139. The molecule has 0 aromatic heterocycles. The Hall–Kier alpha value is -0.320. The van der Waals surface area contributed by atoms with Crippen molar-refractivity contribution in [3.63, 3.8) is 0 Å². The van der Waals surface area contributed by atoms with Gasteiger partial charge in [-0.25, -0.2) is 0 Å². The summed E-state index contributed by atoms with van der Waals surface area (Å²) in [6, 6.07) is 0.730. The third-order valence-corrected chi connectivity index (χ3v) is 4.04. The highest BCUT2D eigenvalue weighted by atomic mass is 35.5. The molecule has 0 aliphatic carbocycles. The molecular weight excluding hydrogens is 264 g/mol. The van der Waals surface area contributed by atoms with Crippen LogP contribution in [0.15, 0.2) is 0 Å². The van der Waals surface area contributed by atoms with Crippen molar-refractivity contribution in [3.8, 4) is 0 Å². The van der Waals surface area contributed by atoms with Crippen LogP contribution in [-0.2, 0) is 9.53 Å². The highest BCUT2D eigenvalue weighted by Crippen LogP contribution is 2.23. The van der Waals surface area contributed by atoms with Gasteiger partial charge in [0, 0.05) is 6.04 Å². The number of carbonyl (C=O) groups excluding carboxylic acids is 1. The predicted octanol–water partition coefficient (Wildman–Crippen LogP) is 1.82. The molecular formula is C14H27ClN2O2. The van der Waals surface area contributed by atoms with Gasteiger partial charge in [-0.3, -0.25) is 4.79 Å². The van der Waals surface area contributed by atoms with Crippen LogP contribution >= 0.6 is 12.4 Å². The van der Waals surface area contributed by atoms with Gasteiger partial charge in [0.15, 0.2) is 0 Å². The van der Waals surface area contributed by atoms with Crippen LogP contribution in [0, 0.1) is 5.92 Å². The predicted molar refractivity (Wildman–Crippen MR) is 78.7 cm³/mol. The molecule has 0 spiro atoms. The molecule has 0 bridgehead atoms. The Bertz CT molecular complexity index is 273. The van der Waals surface area contributed by atoms with Crippen molar-refractivity contribution in [2.24, 2.45) is 5.92 Å². The SMILES string of the molecule is CC(C)OC(=O)C1CCN(C2CCNCC2)CC1.Cl. The van der Waals surface area contributed by atoms with E-state index in [2.05, 4.69) is 10.2 Å². The van der Waals surface area contributed by atoms with E-state index >= 15 is 0 Å². The zero-order valence-electron chi connectivity index (χ0n) is 12.1. The molecule has 2 aliphatic rings. The van der Waals surface area contributed by atoms with Gasteiger partial charge in [-0.15, -0.1) is 12.4 Å². The standard InChI is InChI=1S/C14H26N2O2.ClH/c1-11(2)18-14(17)12-5-9-16(10-6-12)13-3-7-15-8-4-13;/h11-13,15H,3-10H2,1-2H3;1H. The van der Waals surface area contributed by atoms with Gasteiger partial charge in [0.2, 0.25) is 0 Å². The number of nitrogens with one attached hydrogen (secondary N) is 1. The molecule has 0 saturated carbocycles. The number of nitrogens with zero attached hydrogens (tertiary/aromatic N) is 1. The quantitative estimate of drug-likeness (QED) is 0.805. The minimum atomic E-state index is 0. The van der Waals surface area contributed by atoms with E-state index in [1.165, 1.54) is 12.8 Å². The Kier molecular flexibility index (Phi) is 7.11. The largest absolute Gasteiger partial charge is 0.463 e. The summed E-state index contributed by atoms with van der Waals surface area (Å²) in [5, 5.41) is 3.40. The Morgan fingerprint density at radius 1 is 1.16 bits per heavy atom. The Labute approximate surface area is 122 Å². The Balaban J connectivity index is 0.00000180. The zero-order chi connectivity index (χ0) is 13.0. The number of hydrogen-bond acceptors (Lipinski definition) is 4. The molecule has 0 atom stereocenters. The van der Waals surface area contributed by atoms with Gasteiger partial charge in [-0.2, -0.15) is 0 Å². The molecule has 0 aromatic carbocycles. The summed E-state index contributed by atoms with van der Waals surface area (Å²) in [7, 11) is 0. The van der Waals surface area contributed by atoms with Gasteiger partial charge < -0.3 is 15.0 Å². The number of piperidine rings is 2. The van der Waals surface area contributed by atoms with Crippen LogP contribution in [0.2, 0.25) is 0 Å². The maximum atomic E-state index is 11.8. The molecule has 0 radical (unpaired) electrons. The molecule has 2 saturated heterocycles. The van der Waals surface area contributed by atoms with Crippen LogP contribution in [0.3, 0.4) is 0 Å². The first-order valence-electron chi connectivity index (χ1n) is 7.32. The lowest BCUT2D eigenvalue weighted by Crippen LogP contribution is -2.47. The number of ether oxygens (including phenoxy) is 1. The van der Waals surface area contributed by atoms with E-state index in [4.69, 9.17) is 4.74 Å². The fourth-order valence-electron chi connectivity index (χ4n) is 3.00. The first-order chi connectivity index (χ1) is 8.66. The average Bonchev–Trinajstić information content (AvgIpc) is 2.39. The monoisotopic (exact) mass is 290 g/mol. The summed E-state index contributed by atoms with van der Waals surface area (Å²) in [6.45, 7) is 8.23. The van der Waals surface area contributed by atoms with Crippen molar-refractivity contribution in [1.29, 1.82) is 0 Å². The van der Waals surface area contributed by atoms with E-state index in [1.54, 1.807) is 0 Å². The van der Waals surface area contributed by atoms with Crippen LogP contribution in [-0.4, -0.2) is 49.2 Å². The fraction of sp³-hybridized carbons (Fsp3) is 0.929. The van der Waals surface area contributed by atoms with Gasteiger partial charge in [-0.05, 0) is 65.7 Å². The van der Waals surface area contributed by atoms with Crippen molar-refractivity contribution in [2.75, 3.05) is 26.2 Å².